The van der Waals surface area contributed by atoms with Gasteiger partial charge in [0.05, 0.1) is 24.4 Å². The standard InChI is InChI=1S/C9H10N4O/c10-8-4-11-6-13-9(8)12-3-7-1-2-14-5-7/h1-2,4-6H,3,10H2,(H,11,12,13). The van der Waals surface area contributed by atoms with Crippen molar-refractivity contribution in [1.82, 2.24) is 9.97 Å². The molecule has 0 aliphatic carbocycles. The van der Waals surface area contributed by atoms with Crippen molar-refractivity contribution in [2.24, 2.45) is 0 Å². The molecule has 0 radical (unpaired) electrons. The maximum absolute atomic E-state index is 5.65. The predicted octanol–water partition coefficient (Wildman–Crippen LogP) is 1.26. The Morgan fingerprint density at radius 3 is 3.14 bits per heavy atom. The van der Waals surface area contributed by atoms with Crippen molar-refractivity contribution in [3.63, 3.8) is 0 Å². The lowest BCUT2D eigenvalue weighted by Crippen LogP contribution is -2.04. The highest BCUT2D eigenvalue weighted by molar-refractivity contribution is 5.58. The molecule has 0 bridgehead atoms. The van der Waals surface area contributed by atoms with E-state index in [1.165, 1.54) is 6.33 Å². The number of nitrogens with two attached hydrogens (primary N) is 1. The summed E-state index contributed by atoms with van der Waals surface area (Å²) in [6, 6.07) is 1.88. The monoisotopic (exact) mass is 190 g/mol. The van der Waals surface area contributed by atoms with Crippen molar-refractivity contribution >= 4 is 11.5 Å². The molecule has 14 heavy (non-hydrogen) atoms. The van der Waals surface area contributed by atoms with Crippen LogP contribution in [0.4, 0.5) is 11.5 Å². The van der Waals surface area contributed by atoms with Crippen LogP contribution in [0, 0.1) is 0 Å². The predicted molar refractivity (Wildman–Crippen MR) is 52.5 cm³/mol. The third kappa shape index (κ3) is 1.82. The molecule has 72 valence electrons. The van der Waals surface area contributed by atoms with Crippen LogP contribution in [-0.2, 0) is 6.54 Å². The third-order valence-corrected chi connectivity index (χ3v) is 1.78. The minimum absolute atomic E-state index is 0.538. The van der Waals surface area contributed by atoms with Crippen molar-refractivity contribution in [2.45, 2.75) is 6.54 Å². The fraction of sp³-hybridized carbons (Fsp3) is 0.111. The molecule has 0 unspecified atom stereocenters. The molecule has 0 aromatic carbocycles. The molecule has 0 aliphatic heterocycles. The molecule has 0 amide bonds. The van der Waals surface area contributed by atoms with E-state index in [4.69, 9.17) is 10.2 Å². The summed E-state index contributed by atoms with van der Waals surface area (Å²) >= 11 is 0. The zero-order chi connectivity index (χ0) is 9.80. The van der Waals surface area contributed by atoms with E-state index in [1.807, 2.05) is 6.07 Å². The van der Waals surface area contributed by atoms with Crippen LogP contribution in [0.3, 0.4) is 0 Å². The van der Waals surface area contributed by atoms with E-state index in [0.29, 0.717) is 18.1 Å². The number of hydrogen-bond donors (Lipinski definition) is 2. The van der Waals surface area contributed by atoms with Crippen LogP contribution >= 0.6 is 0 Å². The first-order chi connectivity index (χ1) is 6.86. The van der Waals surface area contributed by atoms with Gasteiger partial charge in [-0.25, -0.2) is 9.97 Å². The summed E-state index contributed by atoms with van der Waals surface area (Å²) in [5.41, 5.74) is 7.23. The van der Waals surface area contributed by atoms with Crippen LogP contribution < -0.4 is 11.1 Å². The van der Waals surface area contributed by atoms with Gasteiger partial charge in [-0.2, -0.15) is 0 Å². The third-order valence-electron chi connectivity index (χ3n) is 1.78. The largest absolute Gasteiger partial charge is 0.472 e. The zero-order valence-electron chi connectivity index (χ0n) is 7.47. The van der Waals surface area contributed by atoms with Gasteiger partial charge < -0.3 is 15.5 Å². The summed E-state index contributed by atoms with van der Waals surface area (Å²) in [6.45, 7) is 0.637. The number of furan rings is 1. The van der Waals surface area contributed by atoms with Gasteiger partial charge in [-0.05, 0) is 6.07 Å². The summed E-state index contributed by atoms with van der Waals surface area (Å²) in [6.07, 6.45) is 6.31. The highest BCUT2D eigenvalue weighted by atomic mass is 16.3. The van der Waals surface area contributed by atoms with Gasteiger partial charge in [-0.15, -0.1) is 0 Å². The van der Waals surface area contributed by atoms with Gasteiger partial charge in [0.1, 0.15) is 6.33 Å². The minimum Gasteiger partial charge on any atom is -0.472 e. The number of rotatable bonds is 3. The summed E-state index contributed by atoms with van der Waals surface area (Å²) in [5.74, 6) is 0.640. The van der Waals surface area contributed by atoms with Gasteiger partial charge in [-0.3, -0.25) is 0 Å². The summed E-state index contributed by atoms with van der Waals surface area (Å²) in [7, 11) is 0. The van der Waals surface area contributed by atoms with Crippen LogP contribution in [0.25, 0.3) is 0 Å². The number of nitrogens with one attached hydrogen (secondary N) is 1. The van der Waals surface area contributed by atoms with Crippen molar-refractivity contribution < 1.29 is 4.42 Å². The van der Waals surface area contributed by atoms with E-state index in [9.17, 15) is 0 Å². The van der Waals surface area contributed by atoms with Crippen molar-refractivity contribution in [1.29, 1.82) is 0 Å². The van der Waals surface area contributed by atoms with Crippen LogP contribution in [0.2, 0.25) is 0 Å². The molecular weight excluding hydrogens is 180 g/mol. The molecule has 5 nitrogen and oxygen atoms in total. The summed E-state index contributed by atoms with van der Waals surface area (Å²) < 4.78 is 4.93. The molecule has 3 N–H and O–H groups in total. The Morgan fingerprint density at radius 2 is 2.43 bits per heavy atom. The Bertz CT molecular complexity index is 399. The van der Waals surface area contributed by atoms with Crippen LogP contribution in [0.1, 0.15) is 5.56 Å². The molecule has 0 atom stereocenters. The average molecular weight is 190 g/mol. The van der Waals surface area contributed by atoms with Crippen LogP contribution in [-0.4, -0.2) is 9.97 Å². The van der Waals surface area contributed by atoms with Gasteiger partial charge in [0, 0.05) is 12.1 Å². The van der Waals surface area contributed by atoms with E-state index < -0.39 is 0 Å². The van der Waals surface area contributed by atoms with Crippen LogP contribution in [0.5, 0.6) is 0 Å². The molecule has 0 spiro atoms. The average Bonchev–Trinajstić information content (AvgIpc) is 2.69. The molecule has 2 heterocycles. The second-order valence-electron chi connectivity index (χ2n) is 2.81. The molecule has 0 fully saturated rings. The molecule has 2 aromatic rings. The van der Waals surface area contributed by atoms with Crippen molar-refractivity contribution in [3.05, 3.63) is 36.7 Å². The molecule has 2 rings (SSSR count). The van der Waals surface area contributed by atoms with E-state index >= 15 is 0 Å². The lowest BCUT2D eigenvalue weighted by molar-refractivity contribution is 0.564. The molecule has 5 heteroatoms. The lowest BCUT2D eigenvalue weighted by atomic mass is 10.3. The highest BCUT2D eigenvalue weighted by Gasteiger charge is 1.99. The first-order valence-electron chi connectivity index (χ1n) is 4.16. The maximum Gasteiger partial charge on any atom is 0.152 e. The normalized spacial score (nSPS) is 10.0. The number of nitrogen functional groups attached to an aromatic ring is 1. The first-order valence-corrected chi connectivity index (χ1v) is 4.16. The van der Waals surface area contributed by atoms with Gasteiger partial charge in [0.25, 0.3) is 0 Å². The molecular formula is C9H10N4O. The zero-order valence-corrected chi connectivity index (χ0v) is 7.47. The molecule has 0 saturated carbocycles. The summed E-state index contributed by atoms with van der Waals surface area (Å²) in [4.78, 5) is 7.80. The van der Waals surface area contributed by atoms with E-state index in [1.54, 1.807) is 18.7 Å². The molecule has 0 aliphatic rings. The SMILES string of the molecule is Nc1cncnc1NCc1ccoc1. The Labute approximate surface area is 81.0 Å². The van der Waals surface area contributed by atoms with Gasteiger partial charge in [0.15, 0.2) is 5.82 Å². The highest BCUT2D eigenvalue weighted by Crippen LogP contribution is 2.12. The second-order valence-corrected chi connectivity index (χ2v) is 2.81. The number of nitrogens with zero attached hydrogens (tertiary/aromatic N) is 2. The lowest BCUT2D eigenvalue weighted by Gasteiger charge is -2.04. The van der Waals surface area contributed by atoms with Crippen molar-refractivity contribution in [2.75, 3.05) is 11.1 Å². The Morgan fingerprint density at radius 1 is 1.50 bits per heavy atom. The Kier molecular flexibility index (Phi) is 2.31. The first kappa shape index (κ1) is 8.55. The fourth-order valence-corrected chi connectivity index (χ4v) is 1.07. The fourth-order valence-electron chi connectivity index (χ4n) is 1.07. The van der Waals surface area contributed by atoms with Gasteiger partial charge in [-0.1, -0.05) is 0 Å². The summed E-state index contributed by atoms with van der Waals surface area (Å²) in [5, 5.41) is 3.08. The van der Waals surface area contributed by atoms with Crippen molar-refractivity contribution in [3.8, 4) is 0 Å². The molecule has 0 saturated heterocycles. The topological polar surface area (TPSA) is 77.0 Å². The van der Waals surface area contributed by atoms with E-state index in [2.05, 4.69) is 15.3 Å². The van der Waals surface area contributed by atoms with E-state index in [0.717, 1.165) is 5.56 Å². The molecule has 2 aromatic heterocycles. The van der Waals surface area contributed by atoms with E-state index in [-0.39, 0.29) is 0 Å². The number of hydrogen-bond acceptors (Lipinski definition) is 5. The Balaban J connectivity index is 2.02. The Hall–Kier alpha value is -2.04. The maximum atomic E-state index is 5.65. The van der Waals surface area contributed by atoms with Gasteiger partial charge >= 0.3 is 0 Å². The number of aromatic nitrogens is 2. The number of anilines is 2. The second kappa shape index (κ2) is 3.78. The van der Waals surface area contributed by atoms with Crippen LogP contribution in [0.15, 0.2) is 35.5 Å². The minimum atomic E-state index is 0.538. The quantitative estimate of drug-likeness (QED) is 0.762. The van der Waals surface area contributed by atoms with Gasteiger partial charge in [0.2, 0.25) is 0 Å². The smallest absolute Gasteiger partial charge is 0.152 e.